The number of fused-ring (bicyclic) bond motifs is 2. The highest BCUT2D eigenvalue weighted by Crippen LogP contribution is 2.95. The van der Waals surface area contributed by atoms with E-state index in [-0.39, 0.29) is 22.1 Å². The zero-order valence-electron chi connectivity index (χ0n) is 34.8. The molecule has 11 rings (SSSR count). The molecule has 4 aliphatic carbocycles. The number of carboxylic acids is 1. The van der Waals surface area contributed by atoms with Crippen LogP contribution in [0.5, 0.6) is 5.75 Å². The van der Waals surface area contributed by atoms with Crippen molar-refractivity contribution in [2.24, 2.45) is 21.7 Å². The zero-order valence-corrected chi connectivity index (χ0v) is 35.7. The first-order chi connectivity index (χ1) is 28.4. The molecule has 59 heavy (non-hydrogen) atoms. The average Bonchev–Trinajstić information content (AvgIpc) is 4.03. The zero-order chi connectivity index (χ0) is 40.5. The fourth-order valence-electron chi connectivity index (χ4n) is 14.1. The molecule has 2 bridgehead atoms. The summed E-state index contributed by atoms with van der Waals surface area (Å²) in [6.07, 6.45) is 12.2. The maximum absolute atomic E-state index is 13.0. The summed E-state index contributed by atoms with van der Waals surface area (Å²) in [5.41, 5.74) is 13.4. The number of hydrogen-bond donors (Lipinski definition) is 4. The Morgan fingerprint density at radius 3 is 2.53 bits per heavy atom. The Morgan fingerprint density at radius 1 is 0.966 bits per heavy atom. The largest absolute Gasteiger partial charge is 0.497 e. The van der Waals surface area contributed by atoms with E-state index in [4.69, 9.17) is 24.5 Å². The molecule has 310 valence electrons. The van der Waals surface area contributed by atoms with Gasteiger partial charge in [0, 0.05) is 53.5 Å². The van der Waals surface area contributed by atoms with E-state index in [1.807, 2.05) is 36.5 Å². The smallest absolute Gasteiger partial charge is 0.355 e. The van der Waals surface area contributed by atoms with Crippen LogP contribution in [0.1, 0.15) is 94.7 Å². The van der Waals surface area contributed by atoms with Crippen LogP contribution in [-0.4, -0.2) is 81.2 Å². The lowest BCUT2D eigenvalue weighted by atomic mass is 9.25. The second kappa shape index (κ2) is 12.9. The monoisotopic (exact) mass is 817 g/mol. The average molecular weight is 818 g/mol. The standard InChI is InChI=1S/C45H55N9O4S/c1-27-30-9-8-16-53(38(30)51-50-37(27)49-40-47-33-19-29(57-5)10-12-34(33)59-40)35-13-11-31(36(48-35)39(55)56)32-20-46-54(28(32)2)26-43-21-41(3)23-44(58-18-17-52-14-6-7-15-52)24-42(4,22-43)45(41,44)25-43/h10-13,19-20,50-51H,6-9,14-18,21-26H2,1-5H3,(H,47,49)(H,55,56). The van der Waals surface area contributed by atoms with Crippen molar-refractivity contribution < 1.29 is 19.4 Å². The van der Waals surface area contributed by atoms with Crippen molar-refractivity contribution in [3.05, 3.63) is 70.7 Å². The minimum atomic E-state index is -1.05. The molecule has 0 radical (unpaired) electrons. The van der Waals surface area contributed by atoms with Gasteiger partial charge in [0.2, 0.25) is 0 Å². The van der Waals surface area contributed by atoms with Crippen molar-refractivity contribution >= 4 is 38.5 Å². The first-order valence-electron chi connectivity index (χ1n) is 21.5. The highest BCUT2D eigenvalue weighted by atomic mass is 32.1. The van der Waals surface area contributed by atoms with Crippen molar-refractivity contribution in [1.29, 1.82) is 0 Å². The van der Waals surface area contributed by atoms with Gasteiger partial charge in [-0.3, -0.25) is 15.5 Å². The topological polar surface area (TPSA) is 142 Å². The number of allylic oxidation sites excluding steroid dienone is 2. The summed E-state index contributed by atoms with van der Waals surface area (Å²) in [5, 5.41) is 19.8. The normalized spacial score (nSPS) is 31.8. The number of anilines is 2. The Bertz CT molecular complexity index is 2460. The van der Waals surface area contributed by atoms with Gasteiger partial charge < -0.3 is 29.7 Å². The van der Waals surface area contributed by atoms with Gasteiger partial charge in [0.05, 0.1) is 35.7 Å². The van der Waals surface area contributed by atoms with Crippen molar-refractivity contribution in [2.75, 3.05) is 50.1 Å². The van der Waals surface area contributed by atoms with Crippen LogP contribution in [0, 0.1) is 28.6 Å². The maximum Gasteiger partial charge on any atom is 0.355 e. The highest BCUT2D eigenvalue weighted by molar-refractivity contribution is 7.22. The quantitative estimate of drug-likeness (QED) is 0.112. The number of likely N-dealkylation sites (tertiary alicyclic amines) is 1. The minimum Gasteiger partial charge on any atom is -0.497 e. The van der Waals surface area contributed by atoms with Crippen molar-refractivity contribution in [1.82, 2.24) is 35.5 Å². The summed E-state index contributed by atoms with van der Waals surface area (Å²) in [7, 11) is 1.66. The molecule has 5 fully saturated rings. The molecule has 7 aliphatic rings. The molecule has 3 aromatic heterocycles. The van der Waals surface area contributed by atoms with Crippen LogP contribution in [0.4, 0.5) is 10.9 Å². The molecule has 14 heteroatoms. The number of carbonyl (C=O) groups is 1. The van der Waals surface area contributed by atoms with Crippen LogP contribution in [0.2, 0.25) is 0 Å². The van der Waals surface area contributed by atoms with E-state index in [9.17, 15) is 9.90 Å². The van der Waals surface area contributed by atoms with E-state index < -0.39 is 5.97 Å². The first kappa shape index (κ1) is 37.3. The molecule has 4 N–H and O–H groups in total. The Labute approximate surface area is 349 Å². The number of hydrazine groups is 1. The number of pyridine rings is 1. The number of nitrogens with one attached hydrogen (secondary N) is 3. The fourth-order valence-corrected chi connectivity index (χ4v) is 15.0. The summed E-state index contributed by atoms with van der Waals surface area (Å²) in [6, 6.07) is 9.77. The number of benzene rings is 1. The van der Waals surface area contributed by atoms with Crippen LogP contribution in [0.3, 0.4) is 0 Å². The maximum atomic E-state index is 13.0. The van der Waals surface area contributed by atoms with Crippen LogP contribution in [0.15, 0.2) is 59.3 Å². The van der Waals surface area contributed by atoms with Gasteiger partial charge >= 0.3 is 5.97 Å². The molecule has 3 aliphatic heterocycles. The minimum absolute atomic E-state index is 0.0366. The lowest BCUT2D eigenvalue weighted by Gasteiger charge is -2.82. The number of carboxylic acid groups (broad SMARTS) is 1. The second-order valence-electron chi connectivity index (χ2n) is 19.3. The lowest BCUT2D eigenvalue weighted by molar-refractivity contribution is -0.397. The van der Waals surface area contributed by atoms with Gasteiger partial charge in [0.1, 0.15) is 23.2 Å². The molecule has 4 saturated carbocycles. The number of ether oxygens (including phenoxy) is 2. The van der Waals surface area contributed by atoms with Gasteiger partial charge in [-0.2, -0.15) is 5.10 Å². The van der Waals surface area contributed by atoms with Crippen molar-refractivity contribution in [3.8, 4) is 16.9 Å². The summed E-state index contributed by atoms with van der Waals surface area (Å²) in [6.45, 7) is 15.2. The Hall–Kier alpha value is -4.66. The molecule has 4 aromatic rings. The summed E-state index contributed by atoms with van der Waals surface area (Å²) < 4.78 is 15.6. The van der Waals surface area contributed by atoms with E-state index in [1.54, 1.807) is 18.4 Å². The van der Waals surface area contributed by atoms with Gasteiger partial charge in [-0.25, -0.2) is 14.8 Å². The van der Waals surface area contributed by atoms with Gasteiger partial charge in [-0.15, -0.1) is 0 Å². The number of thiazole rings is 1. The van der Waals surface area contributed by atoms with Crippen LogP contribution in [-0.2, 0) is 11.3 Å². The number of aromatic carboxylic acids is 1. The number of aromatic nitrogens is 4. The van der Waals surface area contributed by atoms with Crippen LogP contribution in [0.25, 0.3) is 21.3 Å². The Kier molecular flexibility index (Phi) is 8.18. The number of hydrogen-bond acceptors (Lipinski definition) is 12. The van der Waals surface area contributed by atoms with E-state index in [2.05, 4.69) is 58.3 Å². The van der Waals surface area contributed by atoms with Gasteiger partial charge in [0.15, 0.2) is 10.8 Å². The molecule has 1 aromatic carbocycles. The fraction of sp³-hybridized carbons (Fsp3) is 0.556. The highest BCUT2D eigenvalue weighted by Gasteiger charge is 2.93. The molecule has 1 spiro atoms. The number of rotatable bonds is 12. The summed E-state index contributed by atoms with van der Waals surface area (Å²) in [5.74, 6) is 2.03. The predicted octanol–water partition coefficient (Wildman–Crippen LogP) is 7.67. The van der Waals surface area contributed by atoms with Crippen LogP contribution < -0.4 is 25.8 Å². The molecule has 6 heterocycles. The molecular weight excluding hydrogens is 763 g/mol. The number of methoxy groups -OCH3 is 1. The third-order valence-corrected chi connectivity index (χ3v) is 16.9. The molecular formula is C45H55N9O4S. The van der Waals surface area contributed by atoms with Crippen molar-refractivity contribution in [2.45, 2.75) is 97.6 Å². The molecule has 2 unspecified atom stereocenters. The van der Waals surface area contributed by atoms with E-state index >= 15 is 0 Å². The van der Waals surface area contributed by atoms with E-state index in [0.29, 0.717) is 28.8 Å². The SMILES string of the molecule is COc1ccc2sc(NC3=C(C)C4=C(NN3)N(c3ccc(-c5cnn(CC67CC8(C)CC9(OCCN%10CCCC%10)CC(C)(C6)C89C7)c5C)c(C(=O)O)n3)CCC4)nc2c1. The lowest BCUT2D eigenvalue weighted by Crippen LogP contribution is -2.82. The predicted molar refractivity (Wildman–Crippen MR) is 228 cm³/mol. The van der Waals surface area contributed by atoms with Gasteiger partial charge in [-0.05, 0) is 131 Å². The first-order valence-corrected chi connectivity index (χ1v) is 22.3. The third-order valence-electron chi connectivity index (χ3n) is 15.9. The summed E-state index contributed by atoms with van der Waals surface area (Å²) in [4.78, 5) is 27.2. The number of nitrogens with zero attached hydrogens (tertiary/aromatic N) is 6. The third kappa shape index (κ3) is 5.27. The van der Waals surface area contributed by atoms with E-state index in [0.717, 1.165) is 87.7 Å². The Morgan fingerprint density at radius 2 is 1.76 bits per heavy atom. The molecule has 0 amide bonds. The second-order valence-corrected chi connectivity index (χ2v) is 20.3. The summed E-state index contributed by atoms with van der Waals surface area (Å²) >= 11 is 1.58. The molecule has 2 atom stereocenters. The Balaban J connectivity index is 0.828. The van der Waals surface area contributed by atoms with Crippen molar-refractivity contribution in [3.63, 3.8) is 0 Å². The van der Waals surface area contributed by atoms with Gasteiger partial charge in [-0.1, -0.05) is 25.2 Å². The van der Waals surface area contributed by atoms with Gasteiger partial charge in [0.25, 0.3) is 0 Å². The molecule has 13 nitrogen and oxygen atoms in total. The van der Waals surface area contributed by atoms with Crippen LogP contribution >= 0.6 is 11.3 Å². The van der Waals surface area contributed by atoms with E-state index in [1.165, 1.54) is 58.0 Å². The molecule has 1 saturated heterocycles.